The summed E-state index contributed by atoms with van der Waals surface area (Å²) in [4.78, 5) is 27.0. The zero-order valence-corrected chi connectivity index (χ0v) is 11.7. The third-order valence-electron chi connectivity index (χ3n) is 4.92. The molecule has 0 unspecified atom stereocenters. The second-order valence-corrected chi connectivity index (χ2v) is 6.01. The van der Waals surface area contributed by atoms with E-state index in [1.165, 1.54) is 4.90 Å². The molecule has 0 spiro atoms. The lowest BCUT2D eigenvalue weighted by molar-refractivity contribution is -0.124. The number of rotatable bonds is 1. The smallest absolute Gasteiger partial charge is 0.240 e. The Bertz CT molecular complexity index is 821. The third-order valence-corrected chi connectivity index (χ3v) is 4.92. The summed E-state index contributed by atoms with van der Waals surface area (Å²) in [6.45, 7) is 0. The number of ether oxygens (including phenoxy) is 1. The molecule has 2 aromatic rings. The molecule has 4 heteroatoms. The number of carbonyl (C=O) groups is 2. The van der Waals surface area contributed by atoms with Crippen molar-refractivity contribution >= 4 is 28.3 Å². The molecule has 2 fully saturated rings. The van der Waals surface area contributed by atoms with Gasteiger partial charge in [-0.3, -0.25) is 9.59 Å². The number of anilines is 1. The van der Waals surface area contributed by atoms with Crippen LogP contribution in [0.15, 0.2) is 54.6 Å². The quantitative estimate of drug-likeness (QED) is 0.598. The first kappa shape index (κ1) is 12.1. The van der Waals surface area contributed by atoms with Crippen LogP contribution in [0.1, 0.15) is 0 Å². The van der Waals surface area contributed by atoms with Gasteiger partial charge >= 0.3 is 0 Å². The summed E-state index contributed by atoms with van der Waals surface area (Å²) in [6, 6.07) is 13.5. The maximum atomic E-state index is 12.8. The Labute approximate surface area is 127 Å². The molecule has 108 valence electrons. The molecule has 22 heavy (non-hydrogen) atoms. The predicted octanol–water partition coefficient (Wildman–Crippen LogP) is 2.28. The summed E-state index contributed by atoms with van der Waals surface area (Å²) in [5, 5.41) is 1.95. The van der Waals surface area contributed by atoms with Crippen LogP contribution in [0.5, 0.6) is 0 Å². The van der Waals surface area contributed by atoms with E-state index in [4.69, 9.17) is 4.74 Å². The summed E-state index contributed by atoms with van der Waals surface area (Å²) in [5.74, 6) is -0.991. The molecule has 2 amide bonds. The molecule has 2 aromatic carbocycles. The van der Waals surface area contributed by atoms with Crippen molar-refractivity contribution in [3.63, 3.8) is 0 Å². The summed E-state index contributed by atoms with van der Waals surface area (Å²) in [6.07, 6.45) is 3.32. The van der Waals surface area contributed by atoms with E-state index in [2.05, 4.69) is 0 Å². The van der Waals surface area contributed by atoms with Gasteiger partial charge in [-0.25, -0.2) is 4.90 Å². The van der Waals surface area contributed by atoms with Gasteiger partial charge in [-0.1, -0.05) is 48.6 Å². The Hall–Kier alpha value is -2.46. The molecule has 2 saturated heterocycles. The second kappa shape index (κ2) is 4.05. The first-order valence-corrected chi connectivity index (χ1v) is 7.45. The van der Waals surface area contributed by atoms with Gasteiger partial charge in [0.15, 0.2) is 0 Å². The van der Waals surface area contributed by atoms with Crippen LogP contribution in [0.25, 0.3) is 10.8 Å². The first-order chi connectivity index (χ1) is 10.8. The van der Waals surface area contributed by atoms with Crippen LogP contribution in [0.2, 0.25) is 0 Å². The number of benzene rings is 2. The van der Waals surface area contributed by atoms with Gasteiger partial charge in [-0.2, -0.15) is 0 Å². The first-order valence-electron chi connectivity index (χ1n) is 7.45. The Kier molecular flexibility index (Phi) is 2.23. The van der Waals surface area contributed by atoms with Crippen molar-refractivity contribution in [2.45, 2.75) is 12.2 Å². The Morgan fingerprint density at radius 3 is 2.18 bits per heavy atom. The molecule has 2 bridgehead atoms. The van der Waals surface area contributed by atoms with E-state index in [-0.39, 0.29) is 35.9 Å². The zero-order valence-electron chi connectivity index (χ0n) is 11.7. The minimum Gasteiger partial charge on any atom is -0.365 e. The normalized spacial score (nSPS) is 32.3. The number of carbonyl (C=O) groups excluding carboxylic acids is 2. The van der Waals surface area contributed by atoms with E-state index < -0.39 is 0 Å². The molecule has 0 N–H and O–H groups in total. The highest BCUT2D eigenvalue weighted by atomic mass is 16.5. The summed E-state index contributed by atoms with van der Waals surface area (Å²) >= 11 is 0. The minimum atomic E-state index is -0.360. The Morgan fingerprint density at radius 2 is 1.45 bits per heavy atom. The molecule has 0 aromatic heterocycles. The summed E-state index contributed by atoms with van der Waals surface area (Å²) in [5.41, 5.74) is 0.682. The van der Waals surface area contributed by atoms with Crippen molar-refractivity contribution in [2.24, 2.45) is 11.8 Å². The molecule has 4 atom stereocenters. The lowest BCUT2D eigenvalue weighted by Crippen LogP contribution is -2.34. The number of nitrogens with zero attached hydrogens (tertiary/aromatic N) is 1. The van der Waals surface area contributed by atoms with Crippen molar-refractivity contribution in [1.29, 1.82) is 0 Å². The highest BCUT2D eigenvalue weighted by Crippen LogP contribution is 2.47. The molecule has 0 radical (unpaired) electrons. The predicted molar refractivity (Wildman–Crippen MR) is 81.2 cm³/mol. The van der Waals surface area contributed by atoms with Crippen LogP contribution in [0, 0.1) is 11.8 Å². The largest absolute Gasteiger partial charge is 0.365 e. The molecule has 3 aliphatic rings. The maximum absolute atomic E-state index is 12.8. The van der Waals surface area contributed by atoms with Crippen LogP contribution in [-0.2, 0) is 14.3 Å². The Morgan fingerprint density at radius 1 is 0.818 bits per heavy atom. The number of amides is 2. The fraction of sp³-hybridized carbons (Fsp3) is 0.222. The molecule has 0 aliphatic carbocycles. The minimum absolute atomic E-state index is 0.136. The average molecular weight is 291 g/mol. The highest BCUT2D eigenvalue weighted by molar-refractivity contribution is 6.25. The Balaban J connectivity index is 1.67. The SMILES string of the molecule is O=C1[C@@H]2[C@H](C(=O)N1c1cccc3ccccc13)[C@H]1C=C[C@@H]2O1. The molecular formula is C18H13NO3. The number of hydrogen-bond acceptors (Lipinski definition) is 3. The fourth-order valence-corrected chi connectivity index (χ4v) is 3.94. The van der Waals surface area contributed by atoms with Gasteiger partial charge in [0, 0.05) is 5.39 Å². The molecule has 5 rings (SSSR count). The van der Waals surface area contributed by atoms with Gasteiger partial charge in [-0.05, 0) is 11.5 Å². The fourth-order valence-electron chi connectivity index (χ4n) is 3.94. The van der Waals surface area contributed by atoms with Crippen molar-refractivity contribution in [3.05, 3.63) is 54.6 Å². The van der Waals surface area contributed by atoms with Gasteiger partial charge in [0.2, 0.25) is 11.8 Å². The van der Waals surface area contributed by atoms with Crippen molar-refractivity contribution < 1.29 is 14.3 Å². The van der Waals surface area contributed by atoms with Crippen LogP contribution in [-0.4, -0.2) is 24.0 Å². The highest BCUT2D eigenvalue weighted by Gasteiger charge is 2.61. The second-order valence-electron chi connectivity index (χ2n) is 6.01. The van der Waals surface area contributed by atoms with E-state index in [1.807, 2.05) is 54.6 Å². The van der Waals surface area contributed by atoms with Crippen LogP contribution < -0.4 is 4.90 Å². The molecule has 0 saturated carbocycles. The average Bonchev–Trinajstić information content (AvgIpc) is 3.21. The molecule has 3 aliphatic heterocycles. The number of imide groups is 1. The summed E-state index contributed by atoms with van der Waals surface area (Å²) < 4.78 is 5.67. The van der Waals surface area contributed by atoms with Crippen LogP contribution in [0.4, 0.5) is 5.69 Å². The molecule has 4 nitrogen and oxygen atoms in total. The topological polar surface area (TPSA) is 46.6 Å². The molecule has 3 heterocycles. The monoisotopic (exact) mass is 291 g/mol. The standard InChI is InChI=1S/C18H13NO3/c20-17-15-13-8-9-14(22-13)16(15)18(21)19(17)12-7-3-5-10-4-1-2-6-11(10)12/h1-9,13-16H/t13-,14+,15-,16+. The van der Waals surface area contributed by atoms with Crippen LogP contribution in [0.3, 0.4) is 0 Å². The summed E-state index contributed by atoms with van der Waals surface area (Å²) in [7, 11) is 0. The lowest BCUT2D eigenvalue weighted by atomic mass is 9.85. The van der Waals surface area contributed by atoms with E-state index in [9.17, 15) is 9.59 Å². The van der Waals surface area contributed by atoms with Gasteiger partial charge in [0.05, 0.1) is 29.7 Å². The van der Waals surface area contributed by atoms with Gasteiger partial charge in [0.25, 0.3) is 0 Å². The van der Waals surface area contributed by atoms with Gasteiger partial charge in [-0.15, -0.1) is 0 Å². The zero-order chi connectivity index (χ0) is 14.8. The van der Waals surface area contributed by atoms with E-state index in [0.29, 0.717) is 5.69 Å². The number of hydrogen-bond donors (Lipinski definition) is 0. The van der Waals surface area contributed by atoms with Gasteiger partial charge < -0.3 is 4.74 Å². The lowest BCUT2D eigenvalue weighted by Gasteiger charge is -2.19. The third kappa shape index (κ3) is 1.35. The molecular weight excluding hydrogens is 278 g/mol. The van der Waals surface area contributed by atoms with E-state index in [1.54, 1.807) is 0 Å². The van der Waals surface area contributed by atoms with Gasteiger partial charge in [0.1, 0.15) is 0 Å². The van der Waals surface area contributed by atoms with Crippen molar-refractivity contribution in [3.8, 4) is 0 Å². The van der Waals surface area contributed by atoms with Crippen LogP contribution >= 0.6 is 0 Å². The number of fused-ring (bicyclic) bond motifs is 6. The van der Waals surface area contributed by atoms with E-state index in [0.717, 1.165) is 10.8 Å². The van der Waals surface area contributed by atoms with Crippen molar-refractivity contribution in [2.75, 3.05) is 4.90 Å². The maximum Gasteiger partial charge on any atom is 0.240 e. The van der Waals surface area contributed by atoms with E-state index >= 15 is 0 Å². The van der Waals surface area contributed by atoms with Crippen molar-refractivity contribution in [1.82, 2.24) is 0 Å².